The Bertz CT molecular complexity index is 537. The summed E-state index contributed by atoms with van der Waals surface area (Å²) in [6.45, 7) is 5.58. The number of anilines is 1. The molecule has 1 unspecified atom stereocenters. The average Bonchev–Trinajstić information content (AvgIpc) is 3.13. The van der Waals surface area contributed by atoms with Gasteiger partial charge in [0.25, 0.3) is 0 Å². The molecule has 1 aromatic rings. The van der Waals surface area contributed by atoms with E-state index in [1.54, 1.807) is 0 Å². The molecule has 1 saturated heterocycles. The third-order valence-corrected chi connectivity index (χ3v) is 4.87. The minimum atomic E-state index is 0.438. The van der Waals surface area contributed by atoms with Crippen LogP contribution in [0, 0.1) is 0 Å². The predicted octanol–water partition coefficient (Wildman–Crippen LogP) is 2.10. The molecule has 0 spiro atoms. The Morgan fingerprint density at radius 2 is 2.14 bits per heavy atom. The summed E-state index contributed by atoms with van der Waals surface area (Å²) < 4.78 is 0. The summed E-state index contributed by atoms with van der Waals surface area (Å²) >= 11 is 5.20. The molecule has 1 fully saturated rings. The average molecular weight is 304 g/mol. The molecule has 0 aromatic carbocycles. The van der Waals surface area contributed by atoms with Crippen molar-refractivity contribution >= 4 is 23.0 Å². The van der Waals surface area contributed by atoms with E-state index >= 15 is 0 Å². The number of nitrogens with one attached hydrogen (secondary N) is 1. The van der Waals surface area contributed by atoms with E-state index in [1.165, 1.54) is 43.6 Å². The lowest BCUT2D eigenvalue weighted by Gasteiger charge is -2.24. The first kappa shape index (κ1) is 14.7. The Morgan fingerprint density at radius 3 is 2.86 bits per heavy atom. The maximum Gasteiger partial charge on any atom is 0.136 e. The molecule has 1 atom stereocenters. The van der Waals surface area contributed by atoms with Crippen molar-refractivity contribution in [3.8, 4) is 0 Å². The first-order valence-corrected chi connectivity index (χ1v) is 8.36. The second-order valence-corrected chi connectivity index (χ2v) is 6.62. The van der Waals surface area contributed by atoms with Gasteiger partial charge in [0.15, 0.2) is 0 Å². The van der Waals surface area contributed by atoms with Crippen LogP contribution >= 0.6 is 12.2 Å². The molecule has 3 rings (SSSR count). The maximum absolute atomic E-state index is 5.88. The summed E-state index contributed by atoms with van der Waals surface area (Å²) in [5.41, 5.74) is 9.31. The molecule has 114 valence electrons. The zero-order valence-electron chi connectivity index (χ0n) is 12.7. The number of aryl methyl sites for hydroxylation is 2. The van der Waals surface area contributed by atoms with Crippen LogP contribution in [0.2, 0.25) is 0 Å². The van der Waals surface area contributed by atoms with E-state index in [1.807, 2.05) is 0 Å². The molecule has 5 heteroatoms. The number of thiocarbonyl (C=S) groups is 1. The SMILES string of the molecule is CC(CNc1nc2c(cc1C(N)=S)CCC2)N1CCCC1. The monoisotopic (exact) mass is 304 g/mol. The Morgan fingerprint density at radius 1 is 1.38 bits per heavy atom. The molecule has 2 aliphatic rings. The molecule has 1 aliphatic heterocycles. The van der Waals surface area contributed by atoms with E-state index in [0.29, 0.717) is 11.0 Å². The fourth-order valence-electron chi connectivity index (χ4n) is 3.35. The van der Waals surface area contributed by atoms with Crippen molar-refractivity contribution in [1.82, 2.24) is 9.88 Å². The zero-order chi connectivity index (χ0) is 14.8. The van der Waals surface area contributed by atoms with E-state index in [0.717, 1.165) is 30.8 Å². The van der Waals surface area contributed by atoms with Gasteiger partial charge in [0.1, 0.15) is 10.8 Å². The van der Waals surface area contributed by atoms with E-state index in [4.69, 9.17) is 22.9 Å². The highest BCUT2D eigenvalue weighted by Gasteiger charge is 2.20. The van der Waals surface area contributed by atoms with Crippen LogP contribution in [0.1, 0.15) is 43.0 Å². The molecule has 1 aliphatic carbocycles. The van der Waals surface area contributed by atoms with Gasteiger partial charge in [-0.1, -0.05) is 12.2 Å². The fraction of sp³-hybridized carbons (Fsp3) is 0.625. The zero-order valence-corrected chi connectivity index (χ0v) is 13.5. The molecule has 21 heavy (non-hydrogen) atoms. The number of pyridine rings is 1. The lowest BCUT2D eigenvalue weighted by molar-refractivity contribution is 0.269. The van der Waals surface area contributed by atoms with Gasteiger partial charge in [-0.2, -0.15) is 0 Å². The quantitative estimate of drug-likeness (QED) is 0.816. The first-order valence-electron chi connectivity index (χ1n) is 7.95. The van der Waals surface area contributed by atoms with Gasteiger partial charge in [-0.05, 0) is 63.7 Å². The number of likely N-dealkylation sites (tertiary alicyclic amines) is 1. The van der Waals surface area contributed by atoms with Crippen molar-refractivity contribution in [2.45, 2.75) is 45.1 Å². The minimum Gasteiger partial charge on any atom is -0.389 e. The molecule has 0 amide bonds. The van der Waals surface area contributed by atoms with Gasteiger partial charge >= 0.3 is 0 Å². The van der Waals surface area contributed by atoms with Crippen molar-refractivity contribution < 1.29 is 0 Å². The highest BCUT2D eigenvalue weighted by atomic mass is 32.1. The second kappa shape index (κ2) is 6.28. The summed E-state index contributed by atoms with van der Waals surface area (Å²) in [4.78, 5) is 7.74. The Kier molecular flexibility index (Phi) is 4.40. The molecule has 0 saturated carbocycles. The van der Waals surface area contributed by atoms with Gasteiger partial charge in [0.05, 0.1) is 5.56 Å². The highest BCUT2D eigenvalue weighted by Crippen LogP contribution is 2.25. The summed E-state index contributed by atoms with van der Waals surface area (Å²) in [7, 11) is 0. The van der Waals surface area contributed by atoms with Crippen molar-refractivity contribution in [2.75, 3.05) is 25.0 Å². The topological polar surface area (TPSA) is 54.2 Å². The molecule has 4 nitrogen and oxygen atoms in total. The summed E-state index contributed by atoms with van der Waals surface area (Å²) in [6, 6.07) is 2.65. The van der Waals surface area contributed by atoms with Crippen molar-refractivity contribution in [3.63, 3.8) is 0 Å². The van der Waals surface area contributed by atoms with Gasteiger partial charge in [-0.15, -0.1) is 0 Å². The van der Waals surface area contributed by atoms with Gasteiger partial charge < -0.3 is 11.1 Å². The number of rotatable bonds is 5. The van der Waals surface area contributed by atoms with Crippen LogP contribution in [0.3, 0.4) is 0 Å². The number of hydrogen-bond donors (Lipinski definition) is 2. The van der Waals surface area contributed by atoms with Crippen LogP contribution in [0.15, 0.2) is 6.07 Å². The molecule has 1 aromatic heterocycles. The lowest BCUT2D eigenvalue weighted by atomic mass is 10.1. The number of fused-ring (bicyclic) bond motifs is 1. The van der Waals surface area contributed by atoms with Crippen molar-refractivity contribution in [3.05, 3.63) is 22.9 Å². The standard InChI is InChI=1S/C16H24N4S/c1-11(20-7-2-3-8-20)10-18-16-13(15(17)21)9-12-5-4-6-14(12)19-16/h9,11H,2-8,10H2,1H3,(H2,17,21)(H,18,19). The molecule has 3 N–H and O–H groups in total. The van der Waals surface area contributed by atoms with Crippen LogP contribution < -0.4 is 11.1 Å². The molecule has 0 radical (unpaired) electrons. The smallest absolute Gasteiger partial charge is 0.136 e. The van der Waals surface area contributed by atoms with Gasteiger partial charge in [-0.3, -0.25) is 4.90 Å². The Balaban J connectivity index is 1.73. The number of nitrogens with two attached hydrogens (primary N) is 1. The number of nitrogens with zero attached hydrogens (tertiary/aromatic N) is 2. The van der Waals surface area contributed by atoms with E-state index in [9.17, 15) is 0 Å². The van der Waals surface area contributed by atoms with Crippen LogP contribution in [-0.2, 0) is 12.8 Å². The fourth-order valence-corrected chi connectivity index (χ4v) is 3.51. The second-order valence-electron chi connectivity index (χ2n) is 6.18. The summed E-state index contributed by atoms with van der Waals surface area (Å²) in [6.07, 6.45) is 6.00. The molecular weight excluding hydrogens is 280 g/mol. The maximum atomic E-state index is 5.88. The molecular formula is C16H24N4S. The van der Waals surface area contributed by atoms with Crippen molar-refractivity contribution in [2.24, 2.45) is 5.73 Å². The lowest BCUT2D eigenvalue weighted by Crippen LogP contribution is -2.36. The largest absolute Gasteiger partial charge is 0.389 e. The van der Waals surface area contributed by atoms with Gasteiger partial charge in [0.2, 0.25) is 0 Å². The predicted molar refractivity (Wildman–Crippen MR) is 90.9 cm³/mol. The minimum absolute atomic E-state index is 0.438. The van der Waals surface area contributed by atoms with Gasteiger partial charge in [-0.25, -0.2) is 4.98 Å². The molecule has 2 heterocycles. The first-order chi connectivity index (χ1) is 10.1. The van der Waals surface area contributed by atoms with Crippen LogP contribution in [0.4, 0.5) is 5.82 Å². The molecule has 0 bridgehead atoms. The van der Waals surface area contributed by atoms with Gasteiger partial charge in [0, 0.05) is 18.3 Å². The normalized spacial score (nSPS) is 19.5. The van der Waals surface area contributed by atoms with Crippen LogP contribution in [-0.4, -0.2) is 40.5 Å². The Hall–Kier alpha value is -1.20. The number of aromatic nitrogens is 1. The van der Waals surface area contributed by atoms with E-state index in [-0.39, 0.29) is 0 Å². The van der Waals surface area contributed by atoms with Crippen LogP contribution in [0.5, 0.6) is 0 Å². The summed E-state index contributed by atoms with van der Waals surface area (Å²) in [5, 5.41) is 3.48. The van der Waals surface area contributed by atoms with Crippen molar-refractivity contribution in [1.29, 1.82) is 0 Å². The van der Waals surface area contributed by atoms with E-state index in [2.05, 4.69) is 23.2 Å². The third kappa shape index (κ3) is 3.19. The highest BCUT2D eigenvalue weighted by molar-refractivity contribution is 7.80. The van der Waals surface area contributed by atoms with E-state index < -0.39 is 0 Å². The third-order valence-electron chi connectivity index (χ3n) is 4.65. The Labute approximate surface area is 132 Å². The van der Waals surface area contributed by atoms with Crippen LogP contribution in [0.25, 0.3) is 0 Å². The summed E-state index contributed by atoms with van der Waals surface area (Å²) in [5.74, 6) is 0.870. The number of hydrogen-bond acceptors (Lipinski definition) is 4.